The summed E-state index contributed by atoms with van der Waals surface area (Å²) < 4.78 is 1.63. The maximum absolute atomic E-state index is 11.3. The maximum Gasteiger partial charge on any atom is 0.272 e. The zero-order valence-corrected chi connectivity index (χ0v) is 8.90. The molecule has 0 aromatic carbocycles. The van der Waals surface area contributed by atoms with Crippen LogP contribution < -0.4 is 5.32 Å². The topological polar surface area (TPSA) is 59.8 Å². The highest BCUT2D eigenvalue weighted by Crippen LogP contribution is 2.16. The Morgan fingerprint density at radius 2 is 2.31 bits per heavy atom. The van der Waals surface area contributed by atoms with Crippen LogP contribution in [-0.2, 0) is 6.54 Å². The van der Waals surface area contributed by atoms with Gasteiger partial charge in [0.15, 0.2) is 5.69 Å². The van der Waals surface area contributed by atoms with Crippen LogP contribution in [0.3, 0.4) is 0 Å². The first-order valence-electron chi connectivity index (χ1n) is 4.73. The second-order valence-electron chi connectivity index (χ2n) is 3.47. The smallest absolute Gasteiger partial charge is 0.272 e. The number of fused-ring (bicyclic) bond motifs is 1. The summed E-state index contributed by atoms with van der Waals surface area (Å²) in [6.07, 6.45) is 3.43. The van der Waals surface area contributed by atoms with Gasteiger partial charge in [0.25, 0.3) is 5.91 Å². The van der Waals surface area contributed by atoms with Crippen molar-refractivity contribution in [3.05, 3.63) is 40.9 Å². The van der Waals surface area contributed by atoms with E-state index in [9.17, 15) is 4.79 Å². The first-order valence-corrected chi connectivity index (χ1v) is 5.10. The van der Waals surface area contributed by atoms with Gasteiger partial charge < -0.3 is 5.32 Å². The zero-order valence-electron chi connectivity index (χ0n) is 8.14. The molecule has 0 atom stereocenters. The van der Waals surface area contributed by atoms with Crippen molar-refractivity contribution in [3.8, 4) is 5.69 Å². The van der Waals surface area contributed by atoms with Crippen molar-refractivity contribution >= 4 is 17.5 Å². The lowest BCUT2D eigenvalue weighted by molar-refractivity contribution is 0.0960. The van der Waals surface area contributed by atoms with Crippen LogP contribution >= 0.6 is 11.6 Å². The molecule has 6 heteroatoms. The van der Waals surface area contributed by atoms with Crippen LogP contribution in [0.4, 0.5) is 0 Å². The highest BCUT2D eigenvalue weighted by molar-refractivity contribution is 6.29. The summed E-state index contributed by atoms with van der Waals surface area (Å²) >= 11 is 5.69. The van der Waals surface area contributed by atoms with Crippen molar-refractivity contribution in [1.82, 2.24) is 20.1 Å². The van der Waals surface area contributed by atoms with Crippen LogP contribution in [0.25, 0.3) is 5.69 Å². The minimum atomic E-state index is -0.129. The molecule has 1 aliphatic heterocycles. The third kappa shape index (κ3) is 1.37. The van der Waals surface area contributed by atoms with E-state index in [1.165, 1.54) is 0 Å². The molecule has 1 amide bonds. The van der Waals surface area contributed by atoms with Gasteiger partial charge in [0.05, 0.1) is 11.9 Å². The first kappa shape index (κ1) is 9.35. The van der Waals surface area contributed by atoms with Crippen molar-refractivity contribution in [2.24, 2.45) is 0 Å². The summed E-state index contributed by atoms with van der Waals surface area (Å²) in [6, 6.07) is 3.49. The fourth-order valence-corrected chi connectivity index (χ4v) is 1.74. The number of nitrogens with zero attached hydrogens (tertiary/aromatic N) is 3. The summed E-state index contributed by atoms with van der Waals surface area (Å²) in [5.74, 6) is -0.129. The predicted octanol–water partition coefficient (Wildman–Crippen LogP) is 1.16. The molecule has 0 spiro atoms. The van der Waals surface area contributed by atoms with E-state index >= 15 is 0 Å². The summed E-state index contributed by atoms with van der Waals surface area (Å²) in [7, 11) is 0. The first-order chi connectivity index (χ1) is 7.74. The summed E-state index contributed by atoms with van der Waals surface area (Å²) in [4.78, 5) is 15.3. The van der Waals surface area contributed by atoms with Crippen molar-refractivity contribution in [1.29, 1.82) is 0 Å². The molecule has 1 N–H and O–H groups in total. The third-order valence-electron chi connectivity index (χ3n) is 2.42. The molecule has 2 aromatic heterocycles. The number of nitrogens with one attached hydrogen (secondary N) is 1. The standard InChI is InChI=1S/C10H7ClN4O/c11-8-2-1-7(4-12-8)15-5-6-3-13-10(16)9(6)14-15/h1-2,4-5H,3H2,(H,13,16). The lowest BCUT2D eigenvalue weighted by Gasteiger charge is -2.00. The van der Waals surface area contributed by atoms with E-state index in [1.807, 2.05) is 6.20 Å². The average Bonchev–Trinajstić information content (AvgIpc) is 2.83. The molecule has 5 nitrogen and oxygen atoms in total. The Balaban J connectivity index is 2.05. The number of hydrogen-bond acceptors (Lipinski definition) is 3. The minimum absolute atomic E-state index is 0.129. The largest absolute Gasteiger partial charge is 0.346 e. The maximum atomic E-state index is 11.3. The highest BCUT2D eigenvalue weighted by atomic mass is 35.5. The van der Waals surface area contributed by atoms with E-state index in [4.69, 9.17) is 11.6 Å². The van der Waals surface area contributed by atoms with E-state index in [-0.39, 0.29) is 5.91 Å². The third-order valence-corrected chi connectivity index (χ3v) is 2.64. The number of rotatable bonds is 1. The molecule has 0 radical (unpaired) electrons. The number of carbonyl (C=O) groups is 1. The Bertz CT molecular complexity index is 561. The molecule has 0 fully saturated rings. The van der Waals surface area contributed by atoms with Crippen LogP contribution in [-0.4, -0.2) is 20.7 Å². The highest BCUT2D eigenvalue weighted by Gasteiger charge is 2.23. The van der Waals surface area contributed by atoms with Gasteiger partial charge >= 0.3 is 0 Å². The number of hydrogen-bond donors (Lipinski definition) is 1. The fraction of sp³-hybridized carbons (Fsp3) is 0.100. The molecule has 16 heavy (non-hydrogen) atoms. The van der Waals surface area contributed by atoms with E-state index in [2.05, 4.69) is 15.4 Å². The van der Waals surface area contributed by atoms with Gasteiger partial charge in [-0.25, -0.2) is 9.67 Å². The molecule has 2 aromatic rings. The van der Waals surface area contributed by atoms with Gasteiger partial charge in [-0.05, 0) is 12.1 Å². The lowest BCUT2D eigenvalue weighted by atomic mass is 10.3. The molecule has 0 unspecified atom stereocenters. The number of halogens is 1. The predicted molar refractivity (Wildman–Crippen MR) is 57.5 cm³/mol. The van der Waals surface area contributed by atoms with Gasteiger partial charge in [-0.1, -0.05) is 11.6 Å². The molecular weight excluding hydrogens is 228 g/mol. The van der Waals surface area contributed by atoms with Crippen LogP contribution in [0.1, 0.15) is 16.1 Å². The number of aromatic nitrogens is 3. The SMILES string of the molecule is O=C1NCc2cn(-c3ccc(Cl)nc3)nc21. The van der Waals surface area contributed by atoms with Crippen LogP contribution in [0.2, 0.25) is 5.15 Å². The van der Waals surface area contributed by atoms with Crippen LogP contribution in [0.5, 0.6) is 0 Å². The molecule has 0 saturated carbocycles. The molecular formula is C10H7ClN4O. The molecule has 0 bridgehead atoms. The number of pyridine rings is 1. The van der Waals surface area contributed by atoms with Gasteiger partial charge in [-0.2, -0.15) is 5.10 Å². The normalized spacial score (nSPS) is 13.7. The van der Waals surface area contributed by atoms with Gasteiger partial charge in [0.2, 0.25) is 0 Å². The second kappa shape index (κ2) is 3.31. The monoisotopic (exact) mass is 234 g/mol. The Morgan fingerprint density at radius 3 is 3.00 bits per heavy atom. The van der Waals surface area contributed by atoms with E-state index in [1.54, 1.807) is 23.0 Å². The molecule has 1 aliphatic rings. The molecule has 3 rings (SSSR count). The Labute approximate surface area is 96.1 Å². The van der Waals surface area contributed by atoms with Gasteiger partial charge in [-0.3, -0.25) is 4.79 Å². The molecule has 3 heterocycles. The van der Waals surface area contributed by atoms with E-state index < -0.39 is 0 Å². The number of amides is 1. The quantitative estimate of drug-likeness (QED) is 0.754. The second-order valence-corrected chi connectivity index (χ2v) is 3.86. The lowest BCUT2D eigenvalue weighted by Crippen LogP contribution is -2.15. The van der Waals surface area contributed by atoms with Crippen molar-refractivity contribution < 1.29 is 4.79 Å². The van der Waals surface area contributed by atoms with Crippen molar-refractivity contribution in [2.75, 3.05) is 0 Å². The summed E-state index contributed by atoms with van der Waals surface area (Å²) in [6.45, 7) is 0.537. The van der Waals surface area contributed by atoms with Crippen LogP contribution in [0, 0.1) is 0 Å². The van der Waals surface area contributed by atoms with Crippen molar-refractivity contribution in [3.63, 3.8) is 0 Å². The Morgan fingerprint density at radius 1 is 1.44 bits per heavy atom. The van der Waals surface area contributed by atoms with E-state index in [0.717, 1.165) is 11.3 Å². The average molecular weight is 235 g/mol. The Hall–Kier alpha value is -1.88. The van der Waals surface area contributed by atoms with E-state index in [0.29, 0.717) is 17.4 Å². The number of carbonyl (C=O) groups excluding carboxylic acids is 1. The summed E-state index contributed by atoms with van der Waals surface area (Å²) in [5.41, 5.74) is 2.17. The Kier molecular flexibility index (Phi) is 1.94. The van der Waals surface area contributed by atoms with Gasteiger partial charge in [-0.15, -0.1) is 0 Å². The van der Waals surface area contributed by atoms with Crippen molar-refractivity contribution in [2.45, 2.75) is 6.54 Å². The van der Waals surface area contributed by atoms with Crippen LogP contribution in [0.15, 0.2) is 24.5 Å². The zero-order chi connectivity index (χ0) is 11.1. The van der Waals surface area contributed by atoms with Gasteiger partial charge in [0, 0.05) is 18.3 Å². The minimum Gasteiger partial charge on any atom is -0.346 e. The summed E-state index contributed by atoms with van der Waals surface area (Å²) in [5, 5.41) is 7.33. The molecule has 0 aliphatic carbocycles. The molecule has 0 saturated heterocycles. The molecule has 80 valence electrons. The van der Waals surface area contributed by atoms with Gasteiger partial charge in [0.1, 0.15) is 5.15 Å². The fourth-order valence-electron chi connectivity index (χ4n) is 1.63.